The average Bonchev–Trinajstić information content (AvgIpc) is 2.95. The number of anilines is 2. The first-order valence-electron chi connectivity index (χ1n) is 8.38. The second kappa shape index (κ2) is 8.45. The number of nitrogens with one attached hydrogen (secondary N) is 1. The molecule has 1 aliphatic carbocycles. The molecule has 6 N–H and O–H groups in total. The van der Waals surface area contributed by atoms with E-state index in [1.807, 2.05) is 0 Å². The van der Waals surface area contributed by atoms with Gasteiger partial charge in [-0.15, -0.1) is 5.11 Å². The SMILES string of the molecule is [C-]#[N+]c1cccc(/N=N/c2c(Cl)nc(N)nc2N[C@@H]2C[C@H](CO)[C@@H](O)[C@H]2O)c1. The zero-order valence-electron chi connectivity index (χ0n) is 14.6. The quantitative estimate of drug-likeness (QED) is 0.291. The van der Waals surface area contributed by atoms with E-state index in [9.17, 15) is 15.3 Å². The zero-order valence-corrected chi connectivity index (χ0v) is 15.3. The van der Waals surface area contributed by atoms with Gasteiger partial charge in [-0.1, -0.05) is 23.7 Å². The fraction of sp³-hybridized carbons (Fsp3) is 0.353. The lowest BCUT2D eigenvalue weighted by Crippen LogP contribution is -2.35. The Labute approximate surface area is 165 Å². The smallest absolute Gasteiger partial charge is 0.223 e. The highest BCUT2D eigenvalue weighted by molar-refractivity contribution is 6.32. The number of nitrogen functional groups attached to an aromatic ring is 1. The van der Waals surface area contributed by atoms with Gasteiger partial charge in [-0.25, -0.2) is 4.85 Å². The normalized spacial score (nSPS) is 24.4. The minimum absolute atomic E-state index is 0.0492. The number of nitrogens with two attached hydrogens (primary N) is 1. The molecule has 1 heterocycles. The molecule has 3 rings (SSSR count). The van der Waals surface area contributed by atoms with Gasteiger partial charge in [0, 0.05) is 12.5 Å². The fourth-order valence-corrected chi connectivity index (χ4v) is 3.20. The molecule has 0 spiro atoms. The highest BCUT2D eigenvalue weighted by Gasteiger charge is 2.41. The Morgan fingerprint density at radius 3 is 2.75 bits per heavy atom. The predicted octanol–water partition coefficient (Wildman–Crippen LogP) is 2.19. The number of aliphatic hydroxyl groups excluding tert-OH is 3. The number of hydrogen-bond donors (Lipinski definition) is 5. The van der Waals surface area contributed by atoms with E-state index in [0.29, 0.717) is 17.8 Å². The maximum Gasteiger partial charge on any atom is 0.223 e. The average molecular weight is 404 g/mol. The second-order valence-electron chi connectivity index (χ2n) is 6.31. The third kappa shape index (κ3) is 4.18. The molecular formula is C17H18ClN7O3. The van der Waals surface area contributed by atoms with E-state index >= 15 is 0 Å². The summed E-state index contributed by atoms with van der Waals surface area (Å²) in [6.45, 7) is 6.79. The summed E-state index contributed by atoms with van der Waals surface area (Å²) in [6.07, 6.45) is -1.88. The molecule has 28 heavy (non-hydrogen) atoms. The standard InChI is InChI=1S/C17H18ClN7O3/c1-20-9-3-2-4-10(6-9)24-25-12-15(18)22-17(19)23-16(12)21-11-5-8(7-26)13(27)14(11)28/h2-4,6,8,11,13-14,26-28H,5,7H2,(H3,19,21,22,23)/b25-24+/t8-,11-,13-,14+/m1/s1. The first-order valence-corrected chi connectivity index (χ1v) is 8.76. The van der Waals surface area contributed by atoms with Gasteiger partial charge in [0.2, 0.25) is 5.95 Å². The third-order valence-electron chi connectivity index (χ3n) is 4.44. The zero-order chi connectivity index (χ0) is 20.3. The van der Waals surface area contributed by atoms with E-state index in [-0.39, 0.29) is 29.2 Å². The van der Waals surface area contributed by atoms with Gasteiger partial charge in [-0.05, 0) is 18.6 Å². The van der Waals surface area contributed by atoms with Crippen molar-refractivity contribution in [2.75, 3.05) is 17.7 Å². The number of aliphatic hydroxyl groups is 3. The topological polar surface area (TPSA) is 154 Å². The molecular weight excluding hydrogens is 386 g/mol. The van der Waals surface area contributed by atoms with E-state index in [0.717, 1.165) is 0 Å². The lowest BCUT2D eigenvalue weighted by Gasteiger charge is -2.19. The first kappa shape index (κ1) is 19.9. The number of hydrogen-bond acceptors (Lipinski definition) is 9. The van der Waals surface area contributed by atoms with Crippen LogP contribution in [0.1, 0.15) is 6.42 Å². The third-order valence-corrected chi connectivity index (χ3v) is 4.71. The molecule has 0 saturated heterocycles. The Kier molecular flexibility index (Phi) is 6.01. The molecule has 1 aromatic heterocycles. The van der Waals surface area contributed by atoms with Crippen LogP contribution >= 0.6 is 11.6 Å². The van der Waals surface area contributed by atoms with Gasteiger partial charge in [0.1, 0.15) is 6.10 Å². The van der Waals surface area contributed by atoms with Gasteiger partial charge >= 0.3 is 0 Å². The van der Waals surface area contributed by atoms with Crippen molar-refractivity contribution in [2.24, 2.45) is 16.1 Å². The molecule has 10 nitrogen and oxygen atoms in total. The number of nitrogens with zero attached hydrogens (tertiary/aromatic N) is 5. The summed E-state index contributed by atoms with van der Waals surface area (Å²) in [5, 5.41) is 40.5. The van der Waals surface area contributed by atoms with Crippen LogP contribution in [0.4, 0.5) is 28.8 Å². The summed E-state index contributed by atoms with van der Waals surface area (Å²) >= 11 is 6.14. The van der Waals surface area contributed by atoms with E-state index in [2.05, 4.69) is 30.4 Å². The predicted molar refractivity (Wildman–Crippen MR) is 103 cm³/mol. The van der Waals surface area contributed by atoms with Crippen LogP contribution in [0.3, 0.4) is 0 Å². The minimum atomic E-state index is -1.12. The summed E-state index contributed by atoms with van der Waals surface area (Å²) in [5.74, 6) is -0.436. The van der Waals surface area contributed by atoms with Crippen molar-refractivity contribution in [3.05, 3.63) is 40.8 Å². The Balaban J connectivity index is 1.90. The van der Waals surface area contributed by atoms with Gasteiger partial charge in [-0.3, -0.25) is 0 Å². The van der Waals surface area contributed by atoms with Crippen molar-refractivity contribution in [2.45, 2.75) is 24.7 Å². The van der Waals surface area contributed by atoms with Crippen molar-refractivity contribution >= 4 is 40.4 Å². The first-order chi connectivity index (χ1) is 13.4. The highest BCUT2D eigenvalue weighted by Crippen LogP contribution is 2.36. The molecule has 0 aliphatic heterocycles. The maximum absolute atomic E-state index is 10.2. The van der Waals surface area contributed by atoms with Gasteiger partial charge in [0.15, 0.2) is 22.3 Å². The van der Waals surface area contributed by atoms with E-state index in [4.69, 9.17) is 23.9 Å². The minimum Gasteiger partial charge on any atom is -0.396 e. The van der Waals surface area contributed by atoms with Crippen LogP contribution in [0.25, 0.3) is 4.85 Å². The molecule has 1 aromatic carbocycles. The van der Waals surface area contributed by atoms with Crippen molar-refractivity contribution in [1.29, 1.82) is 0 Å². The molecule has 11 heteroatoms. The molecule has 0 bridgehead atoms. The number of azo groups is 1. The summed E-state index contributed by atoms with van der Waals surface area (Å²) in [4.78, 5) is 11.3. The van der Waals surface area contributed by atoms with Crippen molar-refractivity contribution in [1.82, 2.24) is 9.97 Å². The van der Waals surface area contributed by atoms with Crippen molar-refractivity contribution in [3.63, 3.8) is 0 Å². The molecule has 0 unspecified atom stereocenters. The molecule has 4 atom stereocenters. The van der Waals surface area contributed by atoms with Crippen LogP contribution < -0.4 is 11.1 Å². The number of rotatable bonds is 5. The Hall–Kier alpha value is -2.84. The molecule has 0 radical (unpaired) electrons. The molecule has 1 fully saturated rings. The van der Waals surface area contributed by atoms with E-state index in [1.165, 1.54) is 0 Å². The van der Waals surface area contributed by atoms with Crippen molar-refractivity contribution in [3.8, 4) is 0 Å². The Bertz CT molecular complexity index is 933. The summed E-state index contributed by atoms with van der Waals surface area (Å²) in [6, 6.07) is 5.94. The second-order valence-corrected chi connectivity index (χ2v) is 6.67. The van der Waals surface area contributed by atoms with Gasteiger partial charge in [0.25, 0.3) is 0 Å². The van der Waals surface area contributed by atoms with Crippen molar-refractivity contribution < 1.29 is 15.3 Å². The molecule has 146 valence electrons. The molecule has 0 amide bonds. The summed E-state index contributed by atoms with van der Waals surface area (Å²) in [7, 11) is 0. The van der Waals surface area contributed by atoms with Crippen LogP contribution in [0.5, 0.6) is 0 Å². The van der Waals surface area contributed by atoms with Gasteiger partial charge < -0.3 is 26.4 Å². The summed E-state index contributed by atoms with van der Waals surface area (Å²) in [5.41, 5.74) is 6.60. The summed E-state index contributed by atoms with van der Waals surface area (Å²) < 4.78 is 0. The maximum atomic E-state index is 10.2. The van der Waals surface area contributed by atoms with Crippen LogP contribution in [0.2, 0.25) is 5.15 Å². The number of benzene rings is 1. The Morgan fingerprint density at radius 2 is 2.07 bits per heavy atom. The van der Waals surface area contributed by atoms with E-state index in [1.54, 1.807) is 24.3 Å². The van der Waals surface area contributed by atoms with Crippen LogP contribution in [-0.4, -0.2) is 50.1 Å². The molecule has 2 aromatic rings. The van der Waals surface area contributed by atoms with Gasteiger partial charge in [-0.2, -0.15) is 15.1 Å². The van der Waals surface area contributed by atoms with Gasteiger partial charge in [0.05, 0.1) is 24.4 Å². The molecule has 1 aliphatic rings. The molecule has 1 saturated carbocycles. The number of aromatic nitrogens is 2. The highest BCUT2D eigenvalue weighted by atomic mass is 35.5. The van der Waals surface area contributed by atoms with E-state index < -0.39 is 24.2 Å². The fourth-order valence-electron chi connectivity index (χ4n) is 2.99. The van der Waals surface area contributed by atoms with Crippen LogP contribution in [0.15, 0.2) is 34.5 Å². The Morgan fingerprint density at radius 1 is 1.29 bits per heavy atom. The van der Waals surface area contributed by atoms with Crippen LogP contribution in [-0.2, 0) is 0 Å². The lowest BCUT2D eigenvalue weighted by atomic mass is 10.1. The lowest BCUT2D eigenvalue weighted by molar-refractivity contribution is 0.00446. The van der Waals surface area contributed by atoms with Crippen LogP contribution in [0, 0.1) is 12.5 Å². The number of halogens is 1. The largest absolute Gasteiger partial charge is 0.396 e. The monoisotopic (exact) mass is 403 g/mol.